The van der Waals surface area contributed by atoms with Crippen molar-refractivity contribution in [3.63, 3.8) is 0 Å². The molecular formula is C47H56BN3NaO12. The number of piperidine rings is 2. The Bertz CT molecular complexity index is 1930. The van der Waals surface area contributed by atoms with Gasteiger partial charge in [-0.25, -0.2) is 19.4 Å². The first-order chi connectivity index (χ1) is 30.5. The molecule has 0 aromatic heterocycles. The number of nitrogens with one attached hydrogen (secondary N) is 2. The normalized spacial score (nSPS) is 16.7. The van der Waals surface area contributed by atoms with Crippen LogP contribution in [-0.2, 0) is 83.9 Å². The first-order valence-corrected chi connectivity index (χ1v) is 20.5. The molecule has 2 aliphatic rings. The summed E-state index contributed by atoms with van der Waals surface area (Å²) in [6.45, 7) is 7.30. The van der Waals surface area contributed by atoms with E-state index in [2.05, 4.69) is 50.4 Å². The monoisotopic (exact) mass is 888 g/mol. The van der Waals surface area contributed by atoms with E-state index in [0.29, 0.717) is 51.9 Å². The minimum atomic E-state index is -0.639. The largest absolute Gasteiger partial charge is 1.00 e. The predicted octanol–water partition coefficient (Wildman–Crippen LogP) is 3.03. The fourth-order valence-electron chi connectivity index (χ4n) is 5.75. The van der Waals surface area contributed by atoms with Gasteiger partial charge in [0.25, 0.3) is 0 Å². The van der Waals surface area contributed by atoms with E-state index in [4.69, 9.17) is 19.0 Å². The van der Waals surface area contributed by atoms with Crippen LogP contribution in [0.4, 0.5) is 0 Å². The van der Waals surface area contributed by atoms with Gasteiger partial charge in [-0.3, -0.25) is 19.7 Å². The van der Waals surface area contributed by atoms with Crippen molar-refractivity contribution in [3.05, 3.63) is 144 Å². The molecule has 2 fully saturated rings. The number of nitrogens with zero attached hydrogens (tertiary/aromatic N) is 1. The first kappa shape index (κ1) is 54.8. The number of rotatable bonds is 13. The molecule has 15 nitrogen and oxygen atoms in total. The summed E-state index contributed by atoms with van der Waals surface area (Å²) in [6, 6.07) is 39.1. The number of oxime groups is 1. The Morgan fingerprint density at radius 1 is 0.578 bits per heavy atom. The van der Waals surface area contributed by atoms with Gasteiger partial charge in [0.05, 0.1) is 18.9 Å². The van der Waals surface area contributed by atoms with Crippen molar-refractivity contribution >= 4 is 43.6 Å². The van der Waals surface area contributed by atoms with Crippen LogP contribution in [0.15, 0.2) is 126 Å². The molecule has 64 heavy (non-hydrogen) atoms. The minimum Gasteiger partial charge on any atom is -0.793 e. The summed E-state index contributed by atoms with van der Waals surface area (Å²) in [5.74, 6) is -1.67. The van der Waals surface area contributed by atoms with Gasteiger partial charge in [-0.2, -0.15) is 0 Å². The molecule has 0 bridgehead atoms. The van der Waals surface area contributed by atoms with Crippen molar-refractivity contribution in [1.29, 1.82) is 0 Å². The van der Waals surface area contributed by atoms with Gasteiger partial charge in [0, 0.05) is 33.9 Å². The van der Waals surface area contributed by atoms with E-state index in [9.17, 15) is 24.0 Å². The van der Waals surface area contributed by atoms with Gasteiger partial charge in [-0.15, -0.1) is 0 Å². The zero-order valence-corrected chi connectivity index (χ0v) is 39.0. The van der Waals surface area contributed by atoms with Gasteiger partial charge >= 0.3 is 53.4 Å². The smallest absolute Gasteiger partial charge is 0.793 e. The number of carbonyl (C=O) groups is 5. The third-order valence-corrected chi connectivity index (χ3v) is 8.98. The molecule has 2 heterocycles. The second-order valence-corrected chi connectivity index (χ2v) is 14.2. The summed E-state index contributed by atoms with van der Waals surface area (Å²) in [5.41, 5.74) is 5.19. The van der Waals surface area contributed by atoms with Gasteiger partial charge < -0.3 is 37.1 Å². The SMILES string of the molecule is CC(=O)OOC(C)=O.O=C(OCc1ccccc1)[C@@H]1CC/C(=N/OCc2ccccc2)CN1.O=C(OCc1ccccc1)[C@@H]1CCC(COCc2ccccc2)CN1.[B-]OC(C)=O.[Na+]. The van der Waals surface area contributed by atoms with E-state index in [1.54, 1.807) is 0 Å². The molecule has 4 aromatic carbocycles. The number of hydrogen-bond acceptors (Lipinski definition) is 15. The van der Waals surface area contributed by atoms with E-state index < -0.39 is 17.9 Å². The molecule has 3 atom stereocenters. The van der Waals surface area contributed by atoms with Gasteiger partial charge in [0.2, 0.25) is 5.97 Å². The van der Waals surface area contributed by atoms with Gasteiger partial charge in [0.1, 0.15) is 31.9 Å². The molecular weight excluding hydrogens is 832 g/mol. The number of benzene rings is 4. The molecule has 335 valence electrons. The van der Waals surface area contributed by atoms with Crippen LogP contribution in [0.5, 0.6) is 0 Å². The number of carbonyl (C=O) groups excluding carboxylic acids is 5. The molecule has 1 unspecified atom stereocenters. The maximum Gasteiger partial charge on any atom is 1.00 e. The first-order valence-electron chi connectivity index (χ1n) is 20.5. The molecule has 2 aliphatic heterocycles. The zero-order valence-electron chi connectivity index (χ0n) is 37.0. The number of hydrogen-bond donors (Lipinski definition) is 2. The molecule has 6 rings (SSSR count). The third kappa shape index (κ3) is 25.1. The summed E-state index contributed by atoms with van der Waals surface area (Å²) < 4.78 is 20.2. The van der Waals surface area contributed by atoms with Crippen LogP contribution in [0.2, 0.25) is 0 Å². The third-order valence-electron chi connectivity index (χ3n) is 8.98. The summed E-state index contributed by atoms with van der Waals surface area (Å²) in [5, 5.41) is 10.6. The molecule has 0 saturated carbocycles. The average Bonchev–Trinajstić information content (AvgIpc) is 3.32. The standard InChI is InChI=1S/C21H25NO3.C20H22N2O3.C4H6O4.C2H3BO2.Na/c23-21(25-16-18-9-5-2-6-10-18)20-12-11-19(13-22-20)15-24-14-17-7-3-1-4-8-17;23-20(24-14-16-7-3-1-4-8-16)19-12-11-18(13-21-19)22-25-15-17-9-5-2-6-10-17;1-3(5)7-8-4(2)6;1-2(4)5-3;/h1-10,19-20,22H,11-16H2;1-10,19,21H,11-15H2;1-2H3;1H3;/q;;;-1;+1/b;22-18-;;;/t19?,20-;19-;;;/m00.../s1. The fraction of sp³-hybridized carbons (Fsp3) is 0.362. The Labute approximate surface area is 398 Å². The van der Waals surface area contributed by atoms with Crippen molar-refractivity contribution < 1.29 is 87.0 Å². The van der Waals surface area contributed by atoms with Crippen molar-refractivity contribution in [2.45, 2.75) is 85.0 Å². The van der Waals surface area contributed by atoms with E-state index in [1.165, 1.54) is 12.5 Å². The van der Waals surface area contributed by atoms with Gasteiger partial charge in [0.15, 0.2) is 0 Å². The van der Waals surface area contributed by atoms with Gasteiger partial charge in [-0.05, 0) is 53.9 Å². The average molecular weight is 889 g/mol. The molecule has 0 amide bonds. The number of ether oxygens (including phenoxy) is 3. The quantitative estimate of drug-likeness (QED) is 0.0864. The molecule has 0 aliphatic carbocycles. The molecule has 4 aromatic rings. The van der Waals surface area contributed by atoms with E-state index >= 15 is 0 Å². The van der Waals surface area contributed by atoms with Crippen molar-refractivity contribution in [1.82, 2.24) is 10.6 Å². The summed E-state index contributed by atoms with van der Waals surface area (Å²) in [6.07, 6.45) is 3.17. The Balaban J connectivity index is 0.000000342. The maximum atomic E-state index is 12.2. The summed E-state index contributed by atoms with van der Waals surface area (Å²) >= 11 is 0. The molecule has 3 radical (unpaired) electrons. The summed E-state index contributed by atoms with van der Waals surface area (Å²) in [7, 11) is 4.32. The maximum absolute atomic E-state index is 12.2. The number of esters is 2. The van der Waals surface area contributed by atoms with E-state index in [0.717, 1.165) is 62.1 Å². The molecule has 2 saturated heterocycles. The van der Waals surface area contributed by atoms with Crippen LogP contribution in [0, 0.1) is 5.92 Å². The Hall–Kier alpha value is -5.36. The topological polar surface area (TPSA) is 186 Å². The zero-order chi connectivity index (χ0) is 45.5. The van der Waals surface area contributed by atoms with Crippen molar-refractivity contribution in [3.8, 4) is 0 Å². The predicted molar refractivity (Wildman–Crippen MR) is 234 cm³/mol. The van der Waals surface area contributed by atoms with Crippen LogP contribution in [0.3, 0.4) is 0 Å². The van der Waals surface area contributed by atoms with Crippen LogP contribution in [-0.4, -0.2) is 75.4 Å². The van der Waals surface area contributed by atoms with Gasteiger partial charge in [-0.1, -0.05) is 126 Å². The van der Waals surface area contributed by atoms with Crippen molar-refractivity contribution in [2.24, 2.45) is 11.1 Å². The minimum absolute atomic E-state index is 0. The van der Waals surface area contributed by atoms with E-state index in [-0.39, 0.29) is 53.6 Å². The molecule has 0 spiro atoms. The van der Waals surface area contributed by atoms with Crippen LogP contribution in [0.1, 0.15) is 68.7 Å². The van der Waals surface area contributed by atoms with E-state index in [1.807, 2.05) is 109 Å². The van der Waals surface area contributed by atoms with Crippen LogP contribution < -0.4 is 40.2 Å². The molecule has 17 heteroatoms. The molecule has 2 N–H and O–H groups in total. The van der Waals surface area contributed by atoms with Crippen molar-refractivity contribution in [2.75, 3.05) is 19.7 Å². The second-order valence-electron chi connectivity index (χ2n) is 14.2. The summed E-state index contributed by atoms with van der Waals surface area (Å²) in [4.78, 5) is 66.5. The Kier molecular flexibility index (Phi) is 28.4. The van der Waals surface area contributed by atoms with Crippen LogP contribution in [0.25, 0.3) is 0 Å². The fourth-order valence-corrected chi connectivity index (χ4v) is 5.75. The second kappa shape index (κ2) is 33.2. The Morgan fingerprint density at radius 2 is 1.00 bits per heavy atom. The van der Waals surface area contributed by atoms with Crippen LogP contribution >= 0.6 is 0 Å². The Morgan fingerprint density at radius 3 is 1.38 bits per heavy atom.